The molecular weight excluding hydrogens is 264 g/mol. The zero-order chi connectivity index (χ0) is 15.2. The van der Waals surface area contributed by atoms with Crippen molar-refractivity contribution in [3.05, 3.63) is 29.8 Å². The third kappa shape index (κ3) is 3.47. The molecule has 0 bridgehead atoms. The molecule has 0 spiro atoms. The van der Waals surface area contributed by atoms with Gasteiger partial charge in [0.1, 0.15) is 5.69 Å². The third-order valence-corrected chi connectivity index (χ3v) is 3.82. The van der Waals surface area contributed by atoms with Gasteiger partial charge >= 0.3 is 0 Å². The lowest BCUT2D eigenvalue weighted by Gasteiger charge is -2.20. The number of hydrogen-bond donors (Lipinski definition) is 1. The Morgan fingerprint density at radius 2 is 2.10 bits per heavy atom. The molecule has 2 atom stereocenters. The first-order chi connectivity index (χ1) is 10.2. The molecule has 1 N–H and O–H groups in total. The summed E-state index contributed by atoms with van der Waals surface area (Å²) in [5.74, 6) is 1.44. The van der Waals surface area contributed by atoms with Crippen LogP contribution in [0.1, 0.15) is 51.5 Å². The fraction of sp³-hybridized carbons (Fsp3) is 0.562. The first kappa shape index (κ1) is 15.6. The molecule has 2 heterocycles. The summed E-state index contributed by atoms with van der Waals surface area (Å²) in [6.45, 7) is 9.42. The average Bonchev–Trinajstić information content (AvgIpc) is 3.01. The lowest BCUT2D eigenvalue weighted by Crippen LogP contribution is -2.33. The van der Waals surface area contributed by atoms with Crippen molar-refractivity contribution >= 4 is 0 Å². The molecule has 5 nitrogen and oxygen atoms in total. The van der Waals surface area contributed by atoms with Crippen LogP contribution in [-0.2, 0) is 6.42 Å². The van der Waals surface area contributed by atoms with Gasteiger partial charge in [0, 0.05) is 12.2 Å². The van der Waals surface area contributed by atoms with E-state index in [0.29, 0.717) is 17.8 Å². The van der Waals surface area contributed by atoms with E-state index in [2.05, 4.69) is 54.2 Å². The fourth-order valence-corrected chi connectivity index (χ4v) is 2.55. The van der Waals surface area contributed by atoms with Gasteiger partial charge in [-0.25, -0.2) is 0 Å². The van der Waals surface area contributed by atoms with Crippen LogP contribution in [0.5, 0.6) is 0 Å². The summed E-state index contributed by atoms with van der Waals surface area (Å²) in [6, 6.07) is 4.33. The first-order valence-corrected chi connectivity index (χ1v) is 7.72. The number of likely N-dealkylation sites (N-methyl/N-ethyl adjacent to an activating group) is 1. The number of nitrogens with one attached hydrogen (secondary N) is 1. The van der Waals surface area contributed by atoms with Gasteiger partial charge in [0.05, 0.1) is 5.92 Å². The van der Waals surface area contributed by atoms with E-state index in [0.717, 1.165) is 30.6 Å². The SMILES string of the molecule is CCNC(CC)C(C)c1nc(-c2ncccc2CC)no1. The van der Waals surface area contributed by atoms with Crippen LogP contribution < -0.4 is 5.32 Å². The van der Waals surface area contributed by atoms with Gasteiger partial charge in [-0.1, -0.05) is 38.9 Å². The van der Waals surface area contributed by atoms with E-state index in [-0.39, 0.29) is 5.92 Å². The molecule has 5 heteroatoms. The van der Waals surface area contributed by atoms with Gasteiger partial charge in [0.25, 0.3) is 0 Å². The van der Waals surface area contributed by atoms with Crippen molar-refractivity contribution < 1.29 is 4.52 Å². The highest BCUT2D eigenvalue weighted by molar-refractivity contribution is 5.53. The summed E-state index contributed by atoms with van der Waals surface area (Å²) >= 11 is 0. The summed E-state index contributed by atoms with van der Waals surface area (Å²) in [4.78, 5) is 8.95. The van der Waals surface area contributed by atoms with Gasteiger partial charge in [-0.2, -0.15) is 4.98 Å². The molecular formula is C16H24N4O. The van der Waals surface area contributed by atoms with Crippen molar-refractivity contribution in [3.63, 3.8) is 0 Å². The van der Waals surface area contributed by atoms with Crippen LogP contribution in [0.4, 0.5) is 0 Å². The van der Waals surface area contributed by atoms with Crippen molar-refractivity contribution in [1.82, 2.24) is 20.4 Å². The normalized spacial score (nSPS) is 14.1. The Balaban J connectivity index is 2.25. The molecule has 114 valence electrons. The van der Waals surface area contributed by atoms with Crippen LogP contribution in [0.2, 0.25) is 0 Å². The van der Waals surface area contributed by atoms with Crippen molar-refractivity contribution in [2.75, 3.05) is 6.54 Å². The number of aromatic nitrogens is 3. The molecule has 2 unspecified atom stereocenters. The maximum absolute atomic E-state index is 5.47. The van der Waals surface area contributed by atoms with Gasteiger partial charge in [-0.3, -0.25) is 4.98 Å². The van der Waals surface area contributed by atoms with E-state index in [1.165, 1.54) is 0 Å². The minimum atomic E-state index is 0.185. The van der Waals surface area contributed by atoms with Crippen molar-refractivity contribution in [1.29, 1.82) is 0 Å². The Hall–Kier alpha value is -1.75. The van der Waals surface area contributed by atoms with Crippen molar-refractivity contribution in [2.24, 2.45) is 0 Å². The highest BCUT2D eigenvalue weighted by Gasteiger charge is 2.23. The molecule has 2 rings (SSSR count). The van der Waals surface area contributed by atoms with Crippen molar-refractivity contribution in [3.8, 4) is 11.5 Å². The number of aryl methyl sites for hydroxylation is 1. The monoisotopic (exact) mass is 288 g/mol. The molecule has 21 heavy (non-hydrogen) atoms. The maximum Gasteiger partial charge on any atom is 0.231 e. The van der Waals surface area contributed by atoms with Gasteiger partial charge in [0.2, 0.25) is 11.7 Å². The molecule has 0 aromatic carbocycles. The van der Waals surface area contributed by atoms with Crippen molar-refractivity contribution in [2.45, 2.75) is 52.5 Å². The maximum atomic E-state index is 5.47. The summed E-state index contributed by atoms with van der Waals surface area (Å²) in [6.07, 6.45) is 3.69. The average molecular weight is 288 g/mol. The topological polar surface area (TPSA) is 63.8 Å². The zero-order valence-corrected chi connectivity index (χ0v) is 13.3. The second-order valence-corrected chi connectivity index (χ2v) is 5.18. The number of nitrogens with zero attached hydrogens (tertiary/aromatic N) is 3. The minimum Gasteiger partial charge on any atom is -0.339 e. The Kier molecular flexibility index (Phi) is 5.44. The molecule has 2 aromatic heterocycles. The summed E-state index contributed by atoms with van der Waals surface area (Å²) in [5, 5.41) is 7.58. The Morgan fingerprint density at radius 1 is 1.29 bits per heavy atom. The molecule has 0 fully saturated rings. The smallest absolute Gasteiger partial charge is 0.231 e. The number of pyridine rings is 1. The first-order valence-electron chi connectivity index (χ1n) is 7.72. The van der Waals surface area contributed by atoms with Crippen LogP contribution in [0, 0.1) is 0 Å². The van der Waals surface area contributed by atoms with Gasteiger partial charge in [-0.15, -0.1) is 0 Å². The van der Waals surface area contributed by atoms with E-state index >= 15 is 0 Å². The largest absolute Gasteiger partial charge is 0.339 e. The molecule has 0 radical (unpaired) electrons. The standard InChI is InChI=1S/C16H24N4O/c1-5-12-9-8-10-18-14(12)15-19-16(21-20-15)11(4)13(6-2)17-7-3/h8-11,13,17H,5-7H2,1-4H3. The predicted octanol–water partition coefficient (Wildman–Crippen LogP) is 3.19. The molecule has 0 aliphatic rings. The number of rotatable bonds is 7. The molecule has 0 aliphatic carbocycles. The van der Waals surface area contributed by atoms with Crippen LogP contribution in [0.15, 0.2) is 22.9 Å². The van der Waals surface area contributed by atoms with E-state index in [4.69, 9.17) is 4.52 Å². The lowest BCUT2D eigenvalue weighted by atomic mass is 9.99. The molecule has 0 saturated heterocycles. The van der Waals surface area contributed by atoms with Gasteiger partial charge in [0.15, 0.2) is 0 Å². The quantitative estimate of drug-likeness (QED) is 0.847. The molecule has 0 aliphatic heterocycles. The lowest BCUT2D eigenvalue weighted by molar-refractivity contribution is 0.321. The third-order valence-electron chi connectivity index (χ3n) is 3.82. The summed E-state index contributed by atoms with van der Waals surface area (Å²) in [7, 11) is 0. The second kappa shape index (κ2) is 7.31. The predicted molar refractivity (Wildman–Crippen MR) is 83.1 cm³/mol. The minimum absolute atomic E-state index is 0.185. The molecule has 0 saturated carbocycles. The van der Waals surface area contributed by atoms with Crippen LogP contribution >= 0.6 is 0 Å². The Labute approximate surface area is 126 Å². The highest BCUT2D eigenvalue weighted by Crippen LogP contribution is 2.24. The van der Waals surface area contributed by atoms with Crippen LogP contribution in [-0.4, -0.2) is 27.7 Å². The van der Waals surface area contributed by atoms with Crippen LogP contribution in [0.3, 0.4) is 0 Å². The van der Waals surface area contributed by atoms with Gasteiger partial charge in [-0.05, 0) is 31.0 Å². The van der Waals surface area contributed by atoms with E-state index in [1.807, 2.05) is 6.07 Å². The summed E-state index contributed by atoms with van der Waals surface area (Å²) in [5.41, 5.74) is 1.95. The Bertz CT molecular complexity index is 567. The summed E-state index contributed by atoms with van der Waals surface area (Å²) < 4.78 is 5.47. The van der Waals surface area contributed by atoms with E-state index < -0.39 is 0 Å². The van der Waals surface area contributed by atoms with Gasteiger partial charge < -0.3 is 9.84 Å². The highest BCUT2D eigenvalue weighted by atomic mass is 16.5. The fourth-order valence-electron chi connectivity index (χ4n) is 2.55. The second-order valence-electron chi connectivity index (χ2n) is 5.18. The Morgan fingerprint density at radius 3 is 2.76 bits per heavy atom. The molecule has 2 aromatic rings. The number of hydrogen-bond acceptors (Lipinski definition) is 5. The zero-order valence-electron chi connectivity index (χ0n) is 13.3. The van der Waals surface area contributed by atoms with E-state index in [9.17, 15) is 0 Å². The van der Waals surface area contributed by atoms with Crippen LogP contribution in [0.25, 0.3) is 11.5 Å². The molecule has 0 amide bonds. The van der Waals surface area contributed by atoms with E-state index in [1.54, 1.807) is 6.20 Å².